The van der Waals surface area contributed by atoms with E-state index in [1.807, 2.05) is 22.9 Å². The highest BCUT2D eigenvalue weighted by Crippen LogP contribution is 2.26. The van der Waals surface area contributed by atoms with E-state index >= 15 is 0 Å². The third-order valence-electron chi connectivity index (χ3n) is 4.55. The van der Waals surface area contributed by atoms with E-state index in [1.165, 1.54) is 0 Å². The fourth-order valence-electron chi connectivity index (χ4n) is 3.30. The summed E-state index contributed by atoms with van der Waals surface area (Å²) in [7, 11) is 0. The van der Waals surface area contributed by atoms with Gasteiger partial charge in [-0.25, -0.2) is 4.98 Å². The standard InChI is InChI=1S/C18H20N6O/c1-13-3-2-4-17-20-11-15(24(13)17)18(25)21-16-7-10-23(22-16)12-14-5-8-19-9-6-14/h5-11,13H,2-4,12H2,1H3,(H,21,22,25). The number of carbonyl (C=O) groups excluding carboxylic acids is 1. The maximum absolute atomic E-state index is 12.6. The van der Waals surface area contributed by atoms with Crippen LogP contribution in [0.4, 0.5) is 5.82 Å². The van der Waals surface area contributed by atoms with Crippen LogP contribution in [0.1, 0.15) is 47.7 Å². The Morgan fingerprint density at radius 1 is 1.32 bits per heavy atom. The number of amides is 1. The lowest BCUT2D eigenvalue weighted by atomic mass is 10.1. The van der Waals surface area contributed by atoms with Gasteiger partial charge in [-0.15, -0.1) is 0 Å². The highest BCUT2D eigenvalue weighted by Gasteiger charge is 2.23. The molecule has 25 heavy (non-hydrogen) atoms. The second-order valence-electron chi connectivity index (χ2n) is 6.38. The minimum Gasteiger partial charge on any atom is -0.321 e. The van der Waals surface area contributed by atoms with E-state index in [4.69, 9.17) is 0 Å². The van der Waals surface area contributed by atoms with Crippen molar-refractivity contribution in [3.05, 3.63) is 60.1 Å². The molecule has 3 aromatic rings. The zero-order valence-corrected chi connectivity index (χ0v) is 14.1. The van der Waals surface area contributed by atoms with Crippen molar-refractivity contribution in [2.75, 3.05) is 5.32 Å². The van der Waals surface area contributed by atoms with Crippen LogP contribution in [-0.4, -0.2) is 30.2 Å². The van der Waals surface area contributed by atoms with Crippen molar-refractivity contribution in [3.63, 3.8) is 0 Å². The van der Waals surface area contributed by atoms with Crippen molar-refractivity contribution in [1.29, 1.82) is 0 Å². The summed E-state index contributed by atoms with van der Waals surface area (Å²) in [5.41, 5.74) is 1.71. The number of hydrogen-bond donors (Lipinski definition) is 1. The lowest BCUT2D eigenvalue weighted by molar-refractivity contribution is 0.101. The van der Waals surface area contributed by atoms with E-state index < -0.39 is 0 Å². The minimum atomic E-state index is -0.165. The van der Waals surface area contributed by atoms with Crippen LogP contribution in [0.5, 0.6) is 0 Å². The summed E-state index contributed by atoms with van der Waals surface area (Å²) >= 11 is 0. The number of hydrogen-bond acceptors (Lipinski definition) is 4. The van der Waals surface area contributed by atoms with Gasteiger partial charge in [0.2, 0.25) is 0 Å². The van der Waals surface area contributed by atoms with Gasteiger partial charge in [-0.3, -0.25) is 14.5 Å². The Kier molecular flexibility index (Phi) is 4.05. The maximum Gasteiger partial charge on any atom is 0.275 e. The first kappa shape index (κ1) is 15.6. The van der Waals surface area contributed by atoms with Crippen LogP contribution in [0.2, 0.25) is 0 Å². The molecule has 4 heterocycles. The van der Waals surface area contributed by atoms with Gasteiger partial charge in [0, 0.05) is 37.1 Å². The first-order chi connectivity index (χ1) is 12.2. The van der Waals surface area contributed by atoms with Crippen LogP contribution in [0.15, 0.2) is 43.0 Å². The lowest BCUT2D eigenvalue weighted by Crippen LogP contribution is -2.23. The molecule has 0 aliphatic carbocycles. The topological polar surface area (TPSA) is 77.6 Å². The quantitative estimate of drug-likeness (QED) is 0.794. The van der Waals surface area contributed by atoms with Gasteiger partial charge in [-0.1, -0.05) is 0 Å². The smallest absolute Gasteiger partial charge is 0.275 e. The molecule has 0 saturated carbocycles. The van der Waals surface area contributed by atoms with Gasteiger partial charge in [0.25, 0.3) is 5.91 Å². The van der Waals surface area contributed by atoms with Gasteiger partial charge >= 0.3 is 0 Å². The first-order valence-electron chi connectivity index (χ1n) is 8.50. The summed E-state index contributed by atoms with van der Waals surface area (Å²) in [4.78, 5) is 21.0. The van der Waals surface area contributed by atoms with Crippen molar-refractivity contribution in [2.24, 2.45) is 0 Å². The van der Waals surface area contributed by atoms with Crippen molar-refractivity contribution < 1.29 is 4.79 Å². The molecule has 0 bridgehead atoms. The average Bonchev–Trinajstić information content (AvgIpc) is 3.23. The third kappa shape index (κ3) is 3.17. The van der Waals surface area contributed by atoms with Crippen molar-refractivity contribution in [3.8, 4) is 0 Å². The molecule has 1 aliphatic heterocycles. The number of aromatic nitrogens is 5. The Labute approximate surface area is 145 Å². The number of fused-ring (bicyclic) bond motifs is 1. The normalized spacial score (nSPS) is 16.4. The number of nitrogens with zero attached hydrogens (tertiary/aromatic N) is 5. The number of aryl methyl sites for hydroxylation is 1. The monoisotopic (exact) mass is 336 g/mol. The Morgan fingerprint density at radius 2 is 2.16 bits per heavy atom. The molecule has 7 heteroatoms. The highest BCUT2D eigenvalue weighted by molar-refractivity contribution is 6.02. The molecule has 0 saturated heterocycles. The number of imidazole rings is 1. The van der Waals surface area contributed by atoms with E-state index in [0.29, 0.717) is 24.1 Å². The minimum absolute atomic E-state index is 0.165. The molecule has 0 radical (unpaired) electrons. The van der Waals surface area contributed by atoms with Crippen LogP contribution < -0.4 is 5.32 Å². The zero-order valence-electron chi connectivity index (χ0n) is 14.1. The Morgan fingerprint density at radius 3 is 3.00 bits per heavy atom. The van der Waals surface area contributed by atoms with Crippen LogP contribution in [0.25, 0.3) is 0 Å². The van der Waals surface area contributed by atoms with E-state index in [-0.39, 0.29) is 5.91 Å². The van der Waals surface area contributed by atoms with Crippen molar-refractivity contribution in [1.82, 2.24) is 24.3 Å². The SMILES string of the molecule is CC1CCCc2ncc(C(=O)Nc3ccn(Cc4ccncc4)n3)n21. The molecule has 4 rings (SSSR count). The zero-order chi connectivity index (χ0) is 17.2. The molecule has 1 atom stereocenters. The second kappa shape index (κ2) is 6.51. The van der Waals surface area contributed by atoms with Gasteiger partial charge in [-0.2, -0.15) is 5.10 Å². The van der Waals surface area contributed by atoms with Crippen LogP contribution in [0, 0.1) is 0 Å². The van der Waals surface area contributed by atoms with E-state index in [1.54, 1.807) is 29.3 Å². The second-order valence-corrected chi connectivity index (χ2v) is 6.38. The number of nitrogens with one attached hydrogen (secondary N) is 1. The van der Waals surface area contributed by atoms with Crippen LogP contribution in [0.3, 0.4) is 0 Å². The fourth-order valence-corrected chi connectivity index (χ4v) is 3.30. The molecule has 128 valence electrons. The third-order valence-corrected chi connectivity index (χ3v) is 4.55. The molecule has 0 aromatic carbocycles. The van der Waals surface area contributed by atoms with Gasteiger partial charge in [0.15, 0.2) is 5.82 Å². The Hall–Kier alpha value is -2.96. The molecule has 3 aromatic heterocycles. The van der Waals surface area contributed by atoms with Crippen molar-refractivity contribution in [2.45, 2.75) is 38.8 Å². The number of carbonyl (C=O) groups is 1. The predicted octanol–water partition coefficient (Wildman–Crippen LogP) is 2.67. The van der Waals surface area contributed by atoms with E-state index in [0.717, 1.165) is 30.7 Å². The summed E-state index contributed by atoms with van der Waals surface area (Å²) in [6.45, 7) is 2.77. The maximum atomic E-state index is 12.6. The molecule has 1 aliphatic rings. The van der Waals surface area contributed by atoms with Gasteiger partial charge in [0.05, 0.1) is 12.7 Å². The Balaban J connectivity index is 1.48. The molecule has 0 spiro atoms. The summed E-state index contributed by atoms with van der Waals surface area (Å²) in [6, 6.07) is 5.99. The van der Waals surface area contributed by atoms with E-state index in [2.05, 4.69) is 27.3 Å². The van der Waals surface area contributed by atoms with Crippen molar-refractivity contribution >= 4 is 11.7 Å². The number of anilines is 1. The Bertz CT molecular complexity index is 882. The summed E-state index contributed by atoms with van der Waals surface area (Å²) in [5.74, 6) is 1.37. The molecular formula is C18H20N6O. The number of rotatable bonds is 4. The van der Waals surface area contributed by atoms with Crippen LogP contribution in [-0.2, 0) is 13.0 Å². The molecule has 1 N–H and O–H groups in total. The lowest BCUT2D eigenvalue weighted by Gasteiger charge is -2.23. The van der Waals surface area contributed by atoms with E-state index in [9.17, 15) is 4.79 Å². The highest BCUT2D eigenvalue weighted by atomic mass is 16.2. The van der Waals surface area contributed by atoms with Gasteiger partial charge in [0.1, 0.15) is 11.5 Å². The molecular weight excluding hydrogens is 316 g/mol. The molecule has 1 unspecified atom stereocenters. The molecule has 7 nitrogen and oxygen atoms in total. The molecule has 0 fully saturated rings. The van der Waals surface area contributed by atoms with Crippen LogP contribution >= 0.6 is 0 Å². The fraction of sp³-hybridized carbons (Fsp3) is 0.333. The first-order valence-corrected chi connectivity index (χ1v) is 8.50. The van der Waals surface area contributed by atoms with Gasteiger partial charge < -0.3 is 9.88 Å². The number of pyridine rings is 1. The summed E-state index contributed by atoms with van der Waals surface area (Å²) in [5, 5.41) is 7.30. The largest absolute Gasteiger partial charge is 0.321 e. The van der Waals surface area contributed by atoms with Gasteiger partial charge in [-0.05, 0) is 37.5 Å². The molecule has 1 amide bonds. The predicted molar refractivity (Wildman–Crippen MR) is 93.4 cm³/mol. The summed E-state index contributed by atoms with van der Waals surface area (Å²) < 4.78 is 3.84. The average molecular weight is 336 g/mol. The summed E-state index contributed by atoms with van der Waals surface area (Å²) in [6.07, 6.45) is 10.2.